The van der Waals surface area contributed by atoms with Crippen LogP contribution in [-0.4, -0.2) is 18.5 Å². The lowest BCUT2D eigenvalue weighted by Crippen LogP contribution is -2.44. The largest absolute Gasteiger partial charge is 0.370 e. The summed E-state index contributed by atoms with van der Waals surface area (Å²) in [5.41, 5.74) is 5.88. The van der Waals surface area contributed by atoms with Gasteiger partial charge in [-0.15, -0.1) is 0 Å². The molecule has 3 heteroatoms. The third kappa shape index (κ3) is 4.42. The van der Waals surface area contributed by atoms with Gasteiger partial charge in [-0.05, 0) is 31.6 Å². The van der Waals surface area contributed by atoms with E-state index in [4.69, 9.17) is 5.73 Å². The van der Waals surface area contributed by atoms with E-state index in [9.17, 15) is 0 Å². The number of nitrogens with two attached hydrogens (primary N) is 1. The maximum absolute atomic E-state index is 5.88. The molecule has 94 valence electrons. The van der Waals surface area contributed by atoms with Gasteiger partial charge in [-0.2, -0.15) is 0 Å². The third-order valence-corrected chi connectivity index (χ3v) is 3.50. The minimum atomic E-state index is 0.529. The van der Waals surface area contributed by atoms with E-state index in [0.29, 0.717) is 12.0 Å². The molecule has 1 atom stereocenters. The Hall–Kier alpha value is -0.730. The monoisotopic (exact) mass is 225 g/mol. The predicted octanol–water partition coefficient (Wildman–Crippen LogP) is 2.66. The van der Waals surface area contributed by atoms with Crippen molar-refractivity contribution in [3.63, 3.8) is 0 Å². The Morgan fingerprint density at radius 2 is 2.00 bits per heavy atom. The second kappa shape index (κ2) is 7.53. The lowest BCUT2D eigenvalue weighted by molar-refractivity contribution is 0.283. The first-order chi connectivity index (χ1) is 7.77. The molecular weight excluding hydrogens is 198 g/mol. The van der Waals surface area contributed by atoms with Crippen LogP contribution in [0.25, 0.3) is 0 Å². The van der Waals surface area contributed by atoms with Gasteiger partial charge in [0.25, 0.3) is 0 Å². The molecule has 0 aromatic heterocycles. The number of nitrogens with zero attached hydrogens (tertiary/aromatic N) is 1. The van der Waals surface area contributed by atoms with Crippen molar-refractivity contribution in [2.24, 2.45) is 16.6 Å². The summed E-state index contributed by atoms with van der Waals surface area (Å²) in [6.07, 6.45) is 9.09. The van der Waals surface area contributed by atoms with Crippen molar-refractivity contribution in [2.75, 3.05) is 6.54 Å². The fourth-order valence-corrected chi connectivity index (χ4v) is 2.56. The van der Waals surface area contributed by atoms with Crippen molar-refractivity contribution >= 4 is 5.96 Å². The van der Waals surface area contributed by atoms with Crippen LogP contribution in [0.1, 0.15) is 58.8 Å². The third-order valence-electron chi connectivity index (χ3n) is 3.50. The van der Waals surface area contributed by atoms with E-state index in [-0.39, 0.29) is 0 Å². The molecule has 1 saturated carbocycles. The van der Waals surface area contributed by atoms with E-state index in [0.717, 1.165) is 25.3 Å². The number of hydrogen-bond donors (Lipinski definition) is 2. The van der Waals surface area contributed by atoms with E-state index in [1.165, 1.54) is 32.1 Å². The van der Waals surface area contributed by atoms with Crippen molar-refractivity contribution < 1.29 is 0 Å². The summed E-state index contributed by atoms with van der Waals surface area (Å²) in [5.74, 6) is 1.44. The Morgan fingerprint density at radius 1 is 1.31 bits per heavy atom. The van der Waals surface area contributed by atoms with Gasteiger partial charge in [-0.1, -0.05) is 33.1 Å². The van der Waals surface area contributed by atoms with Gasteiger partial charge in [0.15, 0.2) is 5.96 Å². The van der Waals surface area contributed by atoms with Crippen LogP contribution >= 0.6 is 0 Å². The zero-order valence-corrected chi connectivity index (χ0v) is 10.8. The molecule has 1 aliphatic rings. The molecule has 0 spiro atoms. The smallest absolute Gasteiger partial charge is 0.188 e. The second-order valence-electron chi connectivity index (χ2n) is 4.82. The molecule has 0 aromatic carbocycles. The maximum atomic E-state index is 5.88. The van der Waals surface area contributed by atoms with Gasteiger partial charge >= 0.3 is 0 Å². The zero-order valence-electron chi connectivity index (χ0n) is 10.8. The number of aliphatic imine (C=N–C) groups is 1. The Kier molecular flexibility index (Phi) is 6.27. The van der Waals surface area contributed by atoms with E-state index >= 15 is 0 Å². The molecule has 1 unspecified atom stereocenters. The summed E-state index contributed by atoms with van der Waals surface area (Å²) in [7, 11) is 0. The Morgan fingerprint density at radius 3 is 2.56 bits per heavy atom. The number of guanidine groups is 1. The predicted molar refractivity (Wildman–Crippen MR) is 70.6 cm³/mol. The van der Waals surface area contributed by atoms with E-state index in [1.54, 1.807) is 0 Å². The molecule has 1 rings (SSSR count). The quantitative estimate of drug-likeness (QED) is 0.558. The number of hydrogen-bond acceptors (Lipinski definition) is 1. The number of rotatable bonds is 5. The summed E-state index contributed by atoms with van der Waals surface area (Å²) in [5, 5.41) is 3.40. The van der Waals surface area contributed by atoms with Crippen LogP contribution in [0.2, 0.25) is 0 Å². The van der Waals surface area contributed by atoms with E-state index in [1.807, 2.05) is 0 Å². The van der Waals surface area contributed by atoms with Crippen LogP contribution in [0.5, 0.6) is 0 Å². The molecule has 0 radical (unpaired) electrons. The van der Waals surface area contributed by atoms with Crippen molar-refractivity contribution in [1.29, 1.82) is 0 Å². The zero-order chi connectivity index (χ0) is 11.8. The average molecular weight is 225 g/mol. The van der Waals surface area contributed by atoms with E-state index in [2.05, 4.69) is 24.2 Å². The van der Waals surface area contributed by atoms with Gasteiger partial charge in [0.1, 0.15) is 0 Å². The summed E-state index contributed by atoms with van der Waals surface area (Å²) in [6, 6.07) is 0.529. The fraction of sp³-hybridized carbons (Fsp3) is 0.923. The summed E-state index contributed by atoms with van der Waals surface area (Å²) in [4.78, 5) is 4.31. The molecule has 16 heavy (non-hydrogen) atoms. The lowest BCUT2D eigenvalue weighted by Gasteiger charge is -2.30. The van der Waals surface area contributed by atoms with Crippen molar-refractivity contribution in [3.8, 4) is 0 Å². The fourth-order valence-electron chi connectivity index (χ4n) is 2.56. The van der Waals surface area contributed by atoms with Gasteiger partial charge in [-0.3, -0.25) is 4.99 Å². The highest BCUT2D eigenvalue weighted by atomic mass is 15.1. The minimum absolute atomic E-state index is 0.529. The molecule has 0 amide bonds. The number of nitrogens with one attached hydrogen (secondary N) is 1. The van der Waals surface area contributed by atoms with E-state index < -0.39 is 0 Å². The van der Waals surface area contributed by atoms with Crippen LogP contribution in [-0.2, 0) is 0 Å². The molecule has 0 aromatic rings. The summed E-state index contributed by atoms with van der Waals surface area (Å²) >= 11 is 0. The van der Waals surface area contributed by atoms with Gasteiger partial charge < -0.3 is 11.1 Å². The molecule has 0 saturated heterocycles. The van der Waals surface area contributed by atoms with Crippen molar-refractivity contribution in [2.45, 2.75) is 64.8 Å². The highest BCUT2D eigenvalue weighted by Crippen LogP contribution is 2.27. The van der Waals surface area contributed by atoms with Gasteiger partial charge in [0, 0.05) is 12.6 Å². The van der Waals surface area contributed by atoms with Gasteiger partial charge in [0.2, 0.25) is 0 Å². The molecule has 1 aliphatic carbocycles. The molecule has 0 bridgehead atoms. The minimum Gasteiger partial charge on any atom is -0.370 e. The maximum Gasteiger partial charge on any atom is 0.188 e. The molecular formula is C13H27N3. The molecule has 3 N–H and O–H groups in total. The topological polar surface area (TPSA) is 50.4 Å². The highest BCUT2D eigenvalue weighted by Gasteiger charge is 2.22. The normalized spacial score (nSPS) is 20.8. The van der Waals surface area contributed by atoms with Crippen molar-refractivity contribution in [1.82, 2.24) is 5.32 Å². The molecule has 3 nitrogen and oxygen atoms in total. The van der Waals surface area contributed by atoms with Gasteiger partial charge in [0.05, 0.1) is 0 Å². The van der Waals surface area contributed by atoms with Crippen LogP contribution in [0.4, 0.5) is 0 Å². The van der Waals surface area contributed by atoms with Crippen LogP contribution in [0, 0.1) is 5.92 Å². The second-order valence-corrected chi connectivity index (χ2v) is 4.82. The molecule has 1 fully saturated rings. The Balaban J connectivity index is 2.40. The molecule has 0 heterocycles. The summed E-state index contributed by atoms with van der Waals surface area (Å²) < 4.78 is 0. The van der Waals surface area contributed by atoms with Gasteiger partial charge in [-0.25, -0.2) is 0 Å². The van der Waals surface area contributed by atoms with Crippen LogP contribution < -0.4 is 11.1 Å². The Bertz CT molecular complexity index is 207. The van der Waals surface area contributed by atoms with Crippen LogP contribution in [0.3, 0.4) is 0 Å². The first-order valence-corrected chi connectivity index (χ1v) is 6.84. The standard InChI is InChI=1S/C13H27N3/c1-3-10-15-13(14)16-12(4-2)11-8-6-5-7-9-11/h11-12H,3-10H2,1-2H3,(H3,14,15,16). The summed E-state index contributed by atoms with van der Waals surface area (Å²) in [6.45, 7) is 5.19. The SMILES string of the molecule is CCCN=C(N)NC(CC)C1CCCCC1. The first-order valence-electron chi connectivity index (χ1n) is 6.84. The highest BCUT2D eigenvalue weighted by molar-refractivity contribution is 5.78. The average Bonchev–Trinajstić information content (AvgIpc) is 2.34. The first kappa shape index (κ1) is 13.3. The van der Waals surface area contributed by atoms with Crippen molar-refractivity contribution in [3.05, 3.63) is 0 Å². The molecule has 0 aliphatic heterocycles. The Labute approximate surface area is 99.9 Å². The van der Waals surface area contributed by atoms with Crippen LogP contribution in [0.15, 0.2) is 4.99 Å². The lowest BCUT2D eigenvalue weighted by atomic mass is 9.83.